The van der Waals surface area contributed by atoms with Crippen molar-refractivity contribution in [1.29, 1.82) is 0 Å². The zero-order valence-electron chi connectivity index (χ0n) is 19.8. The van der Waals surface area contributed by atoms with Crippen LogP contribution in [0, 0.1) is 18.8 Å². The molecule has 1 aromatic heterocycles. The van der Waals surface area contributed by atoms with Crippen LogP contribution in [0.4, 0.5) is 5.69 Å². The number of Topliss-reactive ketones (excluding diaryl/α,β-unsaturated/α-hetero) is 1. The molecule has 176 valence electrons. The molecule has 2 aromatic carbocycles. The van der Waals surface area contributed by atoms with Gasteiger partial charge in [0.15, 0.2) is 5.78 Å². The summed E-state index contributed by atoms with van der Waals surface area (Å²) >= 11 is 0. The van der Waals surface area contributed by atoms with E-state index >= 15 is 0 Å². The Morgan fingerprint density at radius 1 is 1.03 bits per heavy atom. The predicted molar refractivity (Wildman–Crippen MR) is 131 cm³/mol. The highest BCUT2D eigenvalue weighted by Crippen LogP contribution is 2.27. The molecule has 2 amide bonds. The number of nitrogens with one attached hydrogen (secondary N) is 1. The van der Waals surface area contributed by atoms with E-state index in [9.17, 15) is 14.4 Å². The Bertz CT molecular complexity index is 1190. The van der Waals surface area contributed by atoms with Crippen LogP contribution in [0.25, 0.3) is 5.69 Å². The summed E-state index contributed by atoms with van der Waals surface area (Å²) < 4.78 is 1.74. The highest BCUT2D eigenvalue weighted by atomic mass is 16.2. The molecule has 7 nitrogen and oxygen atoms in total. The molecule has 7 heteroatoms. The molecular formula is C27H30N4O3. The number of carbonyl (C=O) groups excluding carboxylic acids is 3. The zero-order chi connectivity index (χ0) is 24.2. The van der Waals surface area contributed by atoms with E-state index in [2.05, 4.69) is 10.4 Å². The van der Waals surface area contributed by atoms with Crippen LogP contribution >= 0.6 is 0 Å². The molecule has 0 radical (unpaired) electrons. The molecule has 0 spiro atoms. The van der Waals surface area contributed by atoms with Crippen LogP contribution in [0.5, 0.6) is 0 Å². The third kappa shape index (κ3) is 5.09. The second-order valence-corrected chi connectivity index (χ2v) is 8.95. The van der Waals surface area contributed by atoms with Crippen molar-refractivity contribution in [3.8, 4) is 5.69 Å². The van der Waals surface area contributed by atoms with E-state index in [1.165, 1.54) is 6.92 Å². The van der Waals surface area contributed by atoms with Crippen LogP contribution in [0.15, 0.2) is 60.8 Å². The van der Waals surface area contributed by atoms with Crippen molar-refractivity contribution in [3.63, 3.8) is 0 Å². The summed E-state index contributed by atoms with van der Waals surface area (Å²) in [5.74, 6) is -0.124. The Hall–Kier alpha value is -3.74. The number of amides is 2. The number of nitrogens with zero attached hydrogens (tertiary/aromatic N) is 3. The molecule has 0 saturated carbocycles. The predicted octanol–water partition coefficient (Wildman–Crippen LogP) is 4.51. The van der Waals surface area contributed by atoms with Crippen LogP contribution in [-0.2, 0) is 4.79 Å². The average molecular weight is 459 g/mol. The Kier molecular flexibility index (Phi) is 6.91. The van der Waals surface area contributed by atoms with E-state index < -0.39 is 0 Å². The van der Waals surface area contributed by atoms with Crippen molar-refractivity contribution in [2.75, 3.05) is 18.4 Å². The normalized spacial score (nSPS) is 15.1. The molecule has 1 fully saturated rings. The summed E-state index contributed by atoms with van der Waals surface area (Å²) in [6, 6.07) is 16.7. The Balaban J connectivity index is 1.35. The minimum Gasteiger partial charge on any atom is -0.339 e. The van der Waals surface area contributed by atoms with Gasteiger partial charge in [-0.25, -0.2) is 4.68 Å². The molecule has 1 saturated heterocycles. The molecule has 1 aliphatic rings. The number of para-hydroxylation sites is 1. The molecule has 34 heavy (non-hydrogen) atoms. The summed E-state index contributed by atoms with van der Waals surface area (Å²) in [7, 11) is 0. The lowest BCUT2D eigenvalue weighted by Crippen LogP contribution is -2.41. The van der Waals surface area contributed by atoms with E-state index in [0.29, 0.717) is 35.6 Å². The Morgan fingerprint density at radius 2 is 1.74 bits per heavy atom. The highest BCUT2D eigenvalue weighted by Gasteiger charge is 2.31. The number of hydrogen-bond donors (Lipinski definition) is 1. The zero-order valence-corrected chi connectivity index (χ0v) is 19.8. The maximum Gasteiger partial charge on any atom is 0.257 e. The first kappa shape index (κ1) is 23.4. The van der Waals surface area contributed by atoms with Crippen molar-refractivity contribution in [1.82, 2.24) is 14.7 Å². The quantitative estimate of drug-likeness (QED) is 0.551. The molecule has 0 unspecified atom stereocenters. The van der Waals surface area contributed by atoms with Crippen LogP contribution in [0.1, 0.15) is 53.1 Å². The monoisotopic (exact) mass is 458 g/mol. The fraction of sp³-hybridized carbons (Fsp3) is 0.333. The maximum absolute atomic E-state index is 13.2. The summed E-state index contributed by atoms with van der Waals surface area (Å²) in [5.41, 5.74) is 3.43. The fourth-order valence-corrected chi connectivity index (χ4v) is 4.44. The van der Waals surface area contributed by atoms with E-state index in [0.717, 1.165) is 18.5 Å². The number of piperidine rings is 1. The van der Waals surface area contributed by atoms with Crippen LogP contribution in [-0.4, -0.2) is 45.4 Å². The molecule has 2 heterocycles. The highest BCUT2D eigenvalue weighted by molar-refractivity contribution is 5.97. The minimum atomic E-state index is -0.194. The number of anilines is 1. The molecular weight excluding hydrogens is 428 g/mol. The Labute approximate surface area is 199 Å². The van der Waals surface area contributed by atoms with Gasteiger partial charge in [0.25, 0.3) is 5.91 Å². The van der Waals surface area contributed by atoms with Gasteiger partial charge in [-0.05, 0) is 56.9 Å². The summed E-state index contributed by atoms with van der Waals surface area (Å²) in [6.07, 6.45) is 3.32. The lowest BCUT2D eigenvalue weighted by atomic mass is 9.84. The first-order chi connectivity index (χ1) is 16.3. The van der Waals surface area contributed by atoms with Gasteiger partial charge in [-0.15, -0.1) is 0 Å². The van der Waals surface area contributed by atoms with E-state index in [-0.39, 0.29) is 29.4 Å². The first-order valence-corrected chi connectivity index (χ1v) is 11.7. The number of aryl methyl sites for hydroxylation is 1. The van der Waals surface area contributed by atoms with Gasteiger partial charge < -0.3 is 10.2 Å². The van der Waals surface area contributed by atoms with Crippen molar-refractivity contribution in [2.24, 2.45) is 11.8 Å². The third-order valence-corrected chi connectivity index (χ3v) is 6.63. The number of carbonyl (C=O) groups is 3. The summed E-state index contributed by atoms with van der Waals surface area (Å²) in [6.45, 7) is 6.51. The van der Waals surface area contributed by atoms with Crippen molar-refractivity contribution in [3.05, 3.63) is 77.6 Å². The van der Waals surface area contributed by atoms with Crippen molar-refractivity contribution < 1.29 is 14.4 Å². The second kappa shape index (κ2) is 10.0. The number of benzene rings is 2. The molecule has 4 rings (SSSR count). The lowest BCUT2D eigenvalue weighted by molar-refractivity contribution is -0.121. The van der Waals surface area contributed by atoms with Gasteiger partial charge in [0.2, 0.25) is 5.91 Å². The lowest BCUT2D eigenvalue weighted by Gasteiger charge is -2.34. The van der Waals surface area contributed by atoms with Crippen LogP contribution < -0.4 is 5.32 Å². The van der Waals surface area contributed by atoms with Gasteiger partial charge >= 0.3 is 0 Å². The smallest absolute Gasteiger partial charge is 0.257 e. The van der Waals surface area contributed by atoms with Gasteiger partial charge in [0.05, 0.1) is 16.9 Å². The minimum absolute atomic E-state index is 0.0173. The molecule has 1 aliphatic heterocycles. The number of aromatic nitrogens is 2. The molecule has 1 N–H and O–H groups in total. The van der Waals surface area contributed by atoms with Gasteiger partial charge in [-0.1, -0.05) is 37.3 Å². The van der Waals surface area contributed by atoms with Gasteiger partial charge in [-0.2, -0.15) is 5.10 Å². The third-order valence-electron chi connectivity index (χ3n) is 6.63. The topological polar surface area (TPSA) is 84.3 Å². The summed E-state index contributed by atoms with van der Waals surface area (Å²) in [4.78, 5) is 39.4. The SMILES string of the molecule is CC(=O)c1cccc(NC(=O)[C@H](C)C2CCN(C(=O)c3cn(-c4ccccc4)nc3C)CC2)c1. The number of ketones is 1. The van der Waals surface area contributed by atoms with E-state index in [4.69, 9.17) is 0 Å². The largest absolute Gasteiger partial charge is 0.339 e. The average Bonchev–Trinajstić information content (AvgIpc) is 3.25. The fourth-order valence-electron chi connectivity index (χ4n) is 4.44. The molecule has 0 bridgehead atoms. The number of rotatable bonds is 6. The standard InChI is InChI=1S/C27H30N4O3/c1-18(26(33)28-23-9-7-8-22(16-23)20(3)32)21-12-14-30(15-13-21)27(34)25-17-31(29-19(25)2)24-10-5-4-6-11-24/h4-11,16-18,21H,12-15H2,1-3H3,(H,28,33)/t18-/m1/s1. The maximum atomic E-state index is 13.2. The van der Waals surface area contributed by atoms with E-state index in [1.807, 2.05) is 49.1 Å². The van der Waals surface area contributed by atoms with Crippen molar-refractivity contribution in [2.45, 2.75) is 33.6 Å². The van der Waals surface area contributed by atoms with Gasteiger partial charge in [-0.3, -0.25) is 14.4 Å². The number of likely N-dealkylation sites (tertiary alicyclic amines) is 1. The number of hydrogen-bond acceptors (Lipinski definition) is 4. The Morgan fingerprint density at radius 3 is 2.41 bits per heavy atom. The van der Waals surface area contributed by atoms with Crippen LogP contribution in [0.2, 0.25) is 0 Å². The molecule has 3 aromatic rings. The van der Waals surface area contributed by atoms with Gasteiger partial charge in [0, 0.05) is 36.5 Å². The van der Waals surface area contributed by atoms with Crippen molar-refractivity contribution >= 4 is 23.3 Å². The van der Waals surface area contributed by atoms with E-state index in [1.54, 1.807) is 35.1 Å². The summed E-state index contributed by atoms with van der Waals surface area (Å²) in [5, 5.41) is 7.45. The van der Waals surface area contributed by atoms with Crippen LogP contribution in [0.3, 0.4) is 0 Å². The molecule has 1 atom stereocenters. The first-order valence-electron chi connectivity index (χ1n) is 11.7. The molecule has 0 aliphatic carbocycles. The van der Waals surface area contributed by atoms with Gasteiger partial charge in [0.1, 0.15) is 0 Å². The second-order valence-electron chi connectivity index (χ2n) is 8.95.